The number of ether oxygens (including phenoxy) is 4. The molecule has 22 heavy (non-hydrogen) atoms. The molecule has 120 valence electrons. The molecular formula is C17H23NO4. The summed E-state index contributed by atoms with van der Waals surface area (Å²) in [4.78, 5) is 0. The Hall–Kier alpha value is -1.46. The van der Waals surface area contributed by atoms with Crippen LogP contribution in [0.15, 0.2) is 12.1 Å². The Labute approximate surface area is 130 Å². The highest BCUT2D eigenvalue weighted by atomic mass is 16.6. The maximum absolute atomic E-state index is 6.45. The number of rotatable bonds is 2. The molecule has 1 unspecified atom stereocenters. The third-order valence-electron chi connectivity index (χ3n) is 4.79. The third-order valence-corrected chi connectivity index (χ3v) is 4.79. The monoisotopic (exact) mass is 305 g/mol. The SMILES string of the molecule is CCOC1CC2(CCNCC2)Oc2cc3c(cc21)OCCO3. The first-order valence-corrected chi connectivity index (χ1v) is 8.24. The van der Waals surface area contributed by atoms with Gasteiger partial charge in [0.25, 0.3) is 0 Å². The molecule has 4 rings (SSSR count). The highest BCUT2D eigenvalue weighted by Crippen LogP contribution is 2.49. The Morgan fingerprint density at radius 3 is 2.59 bits per heavy atom. The zero-order valence-electron chi connectivity index (χ0n) is 13.0. The lowest BCUT2D eigenvalue weighted by molar-refractivity contribution is -0.0594. The van der Waals surface area contributed by atoms with E-state index < -0.39 is 0 Å². The number of hydrogen-bond donors (Lipinski definition) is 1. The summed E-state index contributed by atoms with van der Waals surface area (Å²) in [6.07, 6.45) is 3.02. The van der Waals surface area contributed by atoms with Crippen LogP contribution in [-0.2, 0) is 4.74 Å². The molecule has 0 aliphatic carbocycles. The second-order valence-corrected chi connectivity index (χ2v) is 6.22. The lowest BCUT2D eigenvalue weighted by Crippen LogP contribution is -2.49. The number of fused-ring (bicyclic) bond motifs is 2. The topological polar surface area (TPSA) is 49.0 Å². The van der Waals surface area contributed by atoms with Gasteiger partial charge in [0, 0.05) is 24.7 Å². The van der Waals surface area contributed by atoms with E-state index in [4.69, 9.17) is 18.9 Å². The van der Waals surface area contributed by atoms with Crippen LogP contribution in [0, 0.1) is 0 Å². The Balaban J connectivity index is 1.72. The van der Waals surface area contributed by atoms with Crippen LogP contribution in [0.4, 0.5) is 0 Å². The van der Waals surface area contributed by atoms with Crippen molar-refractivity contribution in [1.29, 1.82) is 0 Å². The number of piperidine rings is 1. The maximum atomic E-state index is 6.45. The Morgan fingerprint density at radius 2 is 1.86 bits per heavy atom. The molecule has 0 saturated carbocycles. The molecule has 1 fully saturated rings. The third kappa shape index (κ3) is 2.42. The summed E-state index contributed by atoms with van der Waals surface area (Å²) in [5, 5.41) is 3.41. The van der Waals surface area contributed by atoms with Crippen molar-refractivity contribution in [2.75, 3.05) is 32.9 Å². The largest absolute Gasteiger partial charge is 0.487 e. The van der Waals surface area contributed by atoms with E-state index in [9.17, 15) is 0 Å². The van der Waals surface area contributed by atoms with Crippen molar-refractivity contribution in [1.82, 2.24) is 5.32 Å². The number of nitrogens with one attached hydrogen (secondary N) is 1. The minimum Gasteiger partial charge on any atom is -0.487 e. The molecule has 0 radical (unpaired) electrons. The predicted octanol–water partition coefficient (Wildman–Crippen LogP) is 2.44. The van der Waals surface area contributed by atoms with E-state index in [2.05, 4.69) is 5.32 Å². The van der Waals surface area contributed by atoms with Crippen molar-refractivity contribution in [2.45, 2.75) is 37.9 Å². The Bertz CT molecular complexity index is 554. The van der Waals surface area contributed by atoms with Crippen molar-refractivity contribution in [2.24, 2.45) is 0 Å². The molecule has 1 atom stereocenters. The van der Waals surface area contributed by atoms with Crippen LogP contribution in [0.5, 0.6) is 17.2 Å². The number of hydrogen-bond acceptors (Lipinski definition) is 5. The van der Waals surface area contributed by atoms with Crippen molar-refractivity contribution < 1.29 is 18.9 Å². The molecule has 1 N–H and O–H groups in total. The molecule has 1 aromatic carbocycles. The Morgan fingerprint density at radius 1 is 1.14 bits per heavy atom. The van der Waals surface area contributed by atoms with Gasteiger partial charge in [-0.3, -0.25) is 0 Å². The molecule has 1 saturated heterocycles. The minimum atomic E-state index is -0.109. The first-order valence-electron chi connectivity index (χ1n) is 8.24. The molecule has 0 bridgehead atoms. The van der Waals surface area contributed by atoms with Gasteiger partial charge >= 0.3 is 0 Å². The van der Waals surface area contributed by atoms with Crippen LogP contribution >= 0.6 is 0 Å². The highest BCUT2D eigenvalue weighted by Gasteiger charge is 2.43. The fourth-order valence-corrected chi connectivity index (χ4v) is 3.69. The van der Waals surface area contributed by atoms with Gasteiger partial charge in [-0.2, -0.15) is 0 Å². The molecule has 0 amide bonds. The van der Waals surface area contributed by atoms with Crippen molar-refractivity contribution in [3.05, 3.63) is 17.7 Å². The maximum Gasteiger partial charge on any atom is 0.165 e. The summed E-state index contributed by atoms with van der Waals surface area (Å²) < 4.78 is 23.9. The summed E-state index contributed by atoms with van der Waals surface area (Å²) in [6.45, 7) is 5.93. The first-order chi connectivity index (χ1) is 10.8. The van der Waals surface area contributed by atoms with Crippen LogP contribution in [0.2, 0.25) is 0 Å². The zero-order chi connectivity index (χ0) is 15.0. The second-order valence-electron chi connectivity index (χ2n) is 6.22. The summed E-state index contributed by atoms with van der Waals surface area (Å²) in [6, 6.07) is 4.02. The summed E-state index contributed by atoms with van der Waals surface area (Å²) in [5.74, 6) is 2.49. The van der Waals surface area contributed by atoms with Crippen LogP contribution in [0.25, 0.3) is 0 Å². The zero-order valence-corrected chi connectivity index (χ0v) is 13.0. The summed E-state index contributed by atoms with van der Waals surface area (Å²) in [7, 11) is 0. The minimum absolute atomic E-state index is 0.0719. The van der Waals surface area contributed by atoms with Gasteiger partial charge in [0.15, 0.2) is 11.5 Å². The average Bonchev–Trinajstić information content (AvgIpc) is 2.54. The highest BCUT2D eigenvalue weighted by molar-refractivity contribution is 5.53. The standard InChI is InChI=1S/C17H23NO4/c1-2-19-16-11-17(3-5-18-6-4-17)22-13-10-15-14(9-12(13)16)20-7-8-21-15/h9-10,16,18H,2-8,11H2,1H3. The number of benzene rings is 1. The van der Waals surface area contributed by atoms with Crippen molar-refractivity contribution >= 4 is 0 Å². The predicted molar refractivity (Wildman–Crippen MR) is 81.9 cm³/mol. The molecule has 0 aromatic heterocycles. The molecule has 5 nitrogen and oxygen atoms in total. The summed E-state index contributed by atoms with van der Waals surface area (Å²) >= 11 is 0. The fraction of sp³-hybridized carbons (Fsp3) is 0.647. The van der Waals surface area contributed by atoms with E-state index >= 15 is 0 Å². The van der Waals surface area contributed by atoms with E-state index in [0.29, 0.717) is 19.8 Å². The molecule has 1 spiro atoms. The molecule has 1 aromatic rings. The Kier molecular flexibility index (Phi) is 3.62. The molecular weight excluding hydrogens is 282 g/mol. The van der Waals surface area contributed by atoms with E-state index in [1.807, 2.05) is 19.1 Å². The van der Waals surface area contributed by atoms with Crippen molar-refractivity contribution in [3.63, 3.8) is 0 Å². The van der Waals surface area contributed by atoms with Gasteiger partial charge in [-0.15, -0.1) is 0 Å². The molecule has 3 aliphatic heterocycles. The van der Waals surface area contributed by atoms with Gasteiger partial charge < -0.3 is 24.3 Å². The van der Waals surface area contributed by atoms with Gasteiger partial charge in [0.05, 0.1) is 6.10 Å². The lowest BCUT2D eigenvalue weighted by atomic mass is 9.82. The van der Waals surface area contributed by atoms with Crippen LogP contribution in [0.3, 0.4) is 0 Å². The summed E-state index contributed by atoms with van der Waals surface area (Å²) in [5.41, 5.74) is 0.984. The molecule has 5 heteroatoms. The molecule has 3 heterocycles. The normalized spacial score (nSPS) is 25.4. The van der Waals surface area contributed by atoms with Gasteiger partial charge in [-0.1, -0.05) is 0 Å². The van der Waals surface area contributed by atoms with E-state index in [0.717, 1.165) is 55.2 Å². The van der Waals surface area contributed by atoms with Gasteiger partial charge in [0.2, 0.25) is 0 Å². The van der Waals surface area contributed by atoms with Crippen LogP contribution in [0.1, 0.15) is 37.9 Å². The van der Waals surface area contributed by atoms with E-state index in [-0.39, 0.29) is 11.7 Å². The lowest BCUT2D eigenvalue weighted by Gasteiger charge is -2.44. The fourth-order valence-electron chi connectivity index (χ4n) is 3.69. The van der Waals surface area contributed by atoms with Crippen LogP contribution < -0.4 is 19.5 Å². The van der Waals surface area contributed by atoms with E-state index in [1.54, 1.807) is 0 Å². The second kappa shape index (κ2) is 5.63. The smallest absolute Gasteiger partial charge is 0.165 e. The average molecular weight is 305 g/mol. The molecule has 3 aliphatic rings. The van der Waals surface area contributed by atoms with Gasteiger partial charge in [-0.25, -0.2) is 0 Å². The quantitative estimate of drug-likeness (QED) is 0.909. The van der Waals surface area contributed by atoms with Crippen molar-refractivity contribution in [3.8, 4) is 17.2 Å². The van der Waals surface area contributed by atoms with Gasteiger partial charge in [0.1, 0.15) is 24.6 Å². The van der Waals surface area contributed by atoms with Gasteiger partial charge in [-0.05, 0) is 38.9 Å². The van der Waals surface area contributed by atoms with E-state index in [1.165, 1.54) is 0 Å². The van der Waals surface area contributed by atoms with Crippen LogP contribution in [-0.4, -0.2) is 38.5 Å². The first kappa shape index (κ1) is 14.2.